The van der Waals surface area contributed by atoms with E-state index in [-0.39, 0.29) is 6.61 Å². The van der Waals surface area contributed by atoms with Crippen LogP contribution in [0.4, 0.5) is 0 Å². The average molecular weight is 366 g/mol. The van der Waals surface area contributed by atoms with Crippen LogP contribution in [0.2, 0.25) is 0 Å². The number of carbonyl (C=O) groups is 2. The minimum absolute atomic E-state index is 0.302. The summed E-state index contributed by atoms with van der Waals surface area (Å²) in [5.41, 5.74) is 0. The van der Waals surface area contributed by atoms with Gasteiger partial charge in [-0.2, -0.15) is 0 Å². The van der Waals surface area contributed by atoms with E-state index in [4.69, 9.17) is 9.47 Å². The van der Waals surface area contributed by atoms with E-state index in [1.54, 1.807) is 6.92 Å². The lowest BCUT2D eigenvalue weighted by molar-refractivity contribution is -0.159. The number of carbonyl (C=O) groups excluding carboxylic acids is 2. The van der Waals surface area contributed by atoms with Crippen molar-refractivity contribution in [3.8, 4) is 0 Å². The minimum Gasteiger partial charge on any atom is -0.454 e. The van der Waals surface area contributed by atoms with Gasteiger partial charge in [0.2, 0.25) is 10.0 Å². The number of hydrogen-bond acceptors (Lipinski definition) is 6. The summed E-state index contributed by atoms with van der Waals surface area (Å²) in [6, 6.07) is 0. The predicted octanol–water partition coefficient (Wildman–Crippen LogP) is 0.379. The lowest BCUT2D eigenvalue weighted by atomic mass is 10.1. The summed E-state index contributed by atoms with van der Waals surface area (Å²) in [5, 5.41) is 2.56. The van der Waals surface area contributed by atoms with E-state index in [1.807, 2.05) is 0 Å². The van der Waals surface area contributed by atoms with E-state index in [2.05, 4.69) is 19.2 Å². The smallest absolute Gasteiger partial charge is 0.335 e. The molecule has 0 aliphatic heterocycles. The highest BCUT2D eigenvalue weighted by molar-refractivity contribution is 7.88. The number of nitrogens with one attached hydrogen (secondary N) is 1. The van der Waals surface area contributed by atoms with Crippen LogP contribution in [0.15, 0.2) is 0 Å². The summed E-state index contributed by atoms with van der Waals surface area (Å²) in [6.45, 7) is 6.40. The Labute approximate surface area is 144 Å². The van der Waals surface area contributed by atoms with Crippen LogP contribution in [0.1, 0.15) is 33.6 Å². The Morgan fingerprint density at radius 3 is 2.38 bits per heavy atom. The van der Waals surface area contributed by atoms with E-state index in [9.17, 15) is 18.0 Å². The maximum absolute atomic E-state index is 11.7. The highest BCUT2D eigenvalue weighted by Gasteiger charge is 2.16. The Hall–Kier alpha value is -1.19. The maximum atomic E-state index is 11.7. The molecule has 0 aromatic heterocycles. The lowest BCUT2D eigenvalue weighted by Gasteiger charge is -2.14. The zero-order chi connectivity index (χ0) is 18.8. The van der Waals surface area contributed by atoms with E-state index < -0.39 is 28.0 Å². The van der Waals surface area contributed by atoms with Gasteiger partial charge in [0, 0.05) is 26.7 Å². The fourth-order valence-electron chi connectivity index (χ4n) is 1.55. The summed E-state index contributed by atoms with van der Waals surface area (Å²) in [6.07, 6.45) is 1.73. The zero-order valence-electron chi connectivity index (χ0n) is 15.2. The lowest BCUT2D eigenvalue weighted by Crippen LogP contribution is -2.34. The van der Waals surface area contributed by atoms with Crippen LogP contribution in [0.3, 0.4) is 0 Å². The van der Waals surface area contributed by atoms with Crippen LogP contribution in [-0.4, -0.2) is 70.3 Å². The molecule has 1 amide bonds. The Morgan fingerprint density at radius 1 is 1.21 bits per heavy atom. The van der Waals surface area contributed by atoms with Crippen LogP contribution in [0.5, 0.6) is 0 Å². The second-order valence-electron chi connectivity index (χ2n) is 6.09. The van der Waals surface area contributed by atoms with Gasteiger partial charge in [0.25, 0.3) is 5.91 Å². The van der Waals surface area contributed by atoms with Gasteiger partial charge in [-0.3, -0.25) is 4.79 Å². The molecule has 1 atom stereocenters. The van der Waals surface area contributed by atoms with Gasteiger partial charge in [0.1, 0.15) is 0 Å². The SMILES string of the molecule is CC(C)CCOC(C)C(=O)OCC(=O)NCCCN(C)S(C)(=O)=O. The first kappa shape index (κ1) is 22.8. The molecule has 8 nitrogen and oxygen atoms in total. The maximum Gasteiger partial charge on any atom is 0.335 e. The molecular formula is C15H30N2O6S. The van der Waals surface area contributed by atoms with Crippen molar-refractivity contribution in [3.63, 3.8) is 0 Å². The summed E-state index contributed by atoms with van der Waals surface area (Å²) in [4.78, 5) is 23.2. The Balaban J connectivity index is 3.83. The van der Waals surface area contributed by atoms with Crippen molar-refractivity contribution < 1.29 is 27.5 Å². The molecule has 24 heavy (non-hydrogen) atoms. The molecule has 0 fully saturated rings. The van der Waals surface area contributed by atoms with Gasteiger partial charge < -0.3 is 14.8 Å². The largest absolute Gasteiger partial charge is 0.454 e. The molecule has 0 aromatic carbocycles. The number of ether oxygens (including phenoxy) is 2. The second-order valence-corrected chi connectivity index (χ2v) is 8.18. The molecule has 0 rings (SSSR count). The molecule has 0 aromatic rings. The molecule has 0 spiro atoms. The van der Waals surface area contributed by atoms with Crippen molar-refractivity contribution >= 4 is 21.9 Å². The topological polar surface area (TPSA) is 102 Å². The predicted molar refractivity (Wildman–Crippen MR) is 90.9 cm³/mol. The van der Waals surface area contributed by atoms with Crippen molar-refractivity contribution in [3.05, 3.63) is 0 Å². The third-order valence-corrected chi connectivity index (χ3v) is 4.59. The number of hydrogen-bond donors (Lipinski definition) is 1. The monoisotopic (exact) mass is 366 g/mol. The fourth-order valence-corrected chi connectivity index (χ4v) is 2.01. The minimum atomic E-state index is -3.21. The molecule has 0 aliphatic carbocycles. The molecular weight excluding hydrogens is 336 g/mol. The van der Waals surface area contributed by atoms with Crippen LogP contribution < -0.4 is 5.32 Å². The van der Waals surface area contributed by atoms with Crippen molar-refractivity contribution in [1.29, 1.82) is 0 Å². The van der Waals surface area contributed by atoms with E-state index in [0.29, 0.717) is 32.0 Å². The van der Waals surface area contributed by atoms with Gasteiger partial charge in [-0.15, -0.1) is 0 Å². The molecule has 0 radical (unpaired) electrons. The highest BCUT2D eigenvalue weighted by Crippen LogP contribution is 2.02. The van der Waals surface area contributed by atoms with E-state index >= 15 is 0 Å². The van der Waals surface area contributed by atoms with E-state index in [0.717, 1.165) is 12.7 Å². The second kappa shape index (κ2) is 11.4. The molecule has 0 saturated carbocycles. The molecule has 0 aliphatic rings. The molecule has 0 bridgehead atoms. The molecule has 0 heterocycles. The van der Waals surface area contributed by atoms with Crippen molar-refractivity contribution in [2.24, 2.45) is 5.92 Å². The first-order valence-electron chi connectivity index (χ1n) is 8.00. The van der Waals surface area contributed by atoms with Gasteiger partial charge in [-0.05, 0) is 25.7 Å². The number of esters is 1. The quantitative estimate of drug-likeness (QED) is 0.396. The Kier molecular flexibility index (Phi) is 10.8. The molecule has 1 unspecified atom stereocenters. The Morgan fingerprint density at radius 2 is 1.83 bits per heavy atom. The normalized spacial score (nSPS) is 13.1. The van der Waals surface area contributed by atoms with Crippen LogP contribution in [0.25, 0.3) is 0 Å². The number of nitrogens with zero attached hydrogens (tertiary/aromatic N) is 1. The van der Waals surface area contributed by atoms with Crippen molar-refractivity contribution in [2.45, 2.75) is 39.7 Å². The first-order chi connectivity index (χ1) is 11.0. The van der Waals surface area contributed by atoms with Gasteiger partial charge in [-0.25, -0.2) is 17.5 Å². The highest BCUT2D eigenvalue weighted by atomic mass is 32.2. The summed E-state index contributed by atoms with van der Waals surface area (Å²) in [7, 11) is -1.74. The third-order valence-electron chi connectivity index (χ3n) is 3.28. The van der Waals surface area contributed by atoms with Crippen molar-refractivity contribution in [1.82, 2.24) is 9.62 Å². The average Bonchev–Trinajstić information content (AvgIpc) is 2.47. The summed E-state index contributed by atoms with van der Waals surface area (Å²) < 4.78 is 33.8. The van der Waals surface area contributed by atoms with Crippen molar-refractivity contribution in [2.75, 3.05) is 39.6 Å². The summed E-state index contributed by atoms with van der Waals surface area (Å²) >= 11 is 0. The fraction of sp³-hybridized carbons (Fsp3) is 0.867. The molecule has 0 saturated heterocycles. The number of sulfonamides is 1. The third kappa shape index (κ3) is 11.4. The van der Waals surface area contributed by atoms with Gasteiger partial charge >= 0.3 is 5.97 Å². The van der Waals surface area contributed by atoms with Gasteiger partial charge in [-0.1, -0.05) is 13.8 Å². The molecule has 9 heteroatoms. The number of amides is 1. The Bertz CT molecular complexity index is 492. The first-order valence-corrected chi connectivity index (χ1v) is 9.85. The van der Waals surface area contributed by atoms with Crippen LogP contribution >= 0.6 is 0 Å². The number of rotatable bonds is 12. The zero-order valence-corrected chi connectivity index (χ0v) is 16.0. The van der Waals surface area contributed by atoms with Gasteiger partial charge in [0.15, 0.2) is 12.7 Å². The standard InChI is InChI=1S/C15H30N2O6S/c1-12(2)7-10-22-13(3)15(19)23-11-14(18)16-8-6-9-17(4)24(5,20)21/h12-13H,6-11H2,1-5H3,(H,16,18). The van der Waals surface area contributed by atoms with Gasteiger partial charge in [0.05, 0.1) is 6.26 Å². The molecule has 142 valence electrons. The summed E-state index contributed by atoms with van der Waals surface area (Å²) in [5.74, 6) is -0.522. The molecule has 1 N–H and O–H groups in total. The van der Waals surface area contributed by atoms with Crippen LogP contribution in [-0.2, 0) is 29.1 Å². The van der Waals surface area contributed by atoms with E-state index in [1.165, 1.54) is 11.4 Å². The van der Waals surface area contributed by atoms with Crippen LogP contribution in [0, 0.1) is 5.92 Å².